The predicted octanol–water partition coefficient (Wildman–Crippen LogP) is 1.58. The topological polar surface area (TPSA) is 59.8 Å². The van der Waals surface area contributed by atoms with Crippen molar-refractivity contribution in [2.45, 2.75) is 26.4 Å². The highest BCUT2D eigenvalue weighted by Gasteiger charge is 2.11. The quantitative estimate of drug-likeness (QED) is 0.697. The van der Waals surface area contributed by atoms with Crippen LogP contribution in [0.5, 0.6) is 0 Å². The van der Waals surface area contributed by atoms with Crippen molar-refractivity contribution in [3.05, 3.63) is 23.0 Å². The second kappa shape index (κ2) is 3.42. The first-order valence-electron chi connectivity index (χ1n) is 3.86. The average Bonchev–Trinajstić information content (AvgIpc) is 2.30. The number of aromatic nitrogens is 1. The predicted molar refractivity (Wildman–Crippen MR) is 45.5 cm³/mol. The highest BCUT2D eigenvalue weighted by molar-refractivity contribution is 5.26. The van der Waals surface area contributed by atoms with Crippen LogP contribution in [0.25, 0.3) is 0 Å². The third-order valence-electron chi connectivity index (χ3n) is 1.83. The minimum Gasteiger partial charge on any atom is -0.387 e. The van der Waals surface area contributed by atoms with Gasteiger partial charge in [0.05, 0.1) is 18.6 Å². The van der Waals surface area contributed by atoms with Gasteiger partial charge in [-0.05, 0) is 19.9 Å². The fraction of sp³-hybridized carbons (Fsp3) is 0.444. The van der Waals surface area contributed by atoms with Gasteiger partial charge in [0.2, 0.25) is 0 Å². The van der Waals surface area contributed by atoms with Gasteiger partial charge in [-0.3, -0.25) is 0 Å². The lowest BCUT2D eigenvalue weighted by atomic mass is 10.1. The number of rotatable bonds is 2. The van der Waals surface area contributed by atoms with Crippen LogP contribution in [0.2, 0.25) is 0 Å². The zero-order valence-electron chi connectivity index (χ0n) is 7.26. The number of aliphatic hydroxyl groups is 1. The molecule has 1 unspecified atom stereocenters. The molecule has 3 heteroatoms. The van der Waals surface area contributed by atoms with Gasteiger partial charge in [-0.25, -0.2) is 0 Å². The zero-order valence-corrected chi connectivity index (χ0v) is 7.26. The molecule has 0 bridgehead atoms. The number of nitrogens with one attached hydrogen (secondary N) is 1. The number of aromatic amines is 1. The van der Waals surface area contributed by atoms with Crippen molar-refractivity contribution in [2.75, 3.05) is 0 Å². The number of aryl methyl sites for hydroxylation is 2. The summed E-state index contributed by atoms with van der Waals surface area (Å²) in [4.78, 5) is 3.08. The lowest BCUT2D eigenvalue weighted by Gasteiger charge is -2.03. The van der Waals surface area contributed by atoms with Crippen molar-refractivity contribution in [3.63, 3.8) is 0 Å². The molecule has 64 valence electrons. The number of aliphatic hydroxyl groups excluding tert-OH is 1. The van der Waals surface area contributed by atoms with E-state index in [2.05, 4.69) is 4.98 Å². The van der Waals surface area contributed by atoms with E-state index < -0.39 is 6.10 Å². The van der Waals surface area contributed by atoms with Crippen molar-refractivity contribution in [3.8, 4) is 6.07 Å². The van der Waals surface area contributed by atoms with Gasteiger partial charge in [0.25, 0.3) is 0 Å². The Balaban J connectivity index is 2.88. The molecule has 0 aliphatic heterocycles. The molecule has 3 nitrogen and oxygen atoms in total. The van der Waals surface area contributed by atoms with Gasteiger partial charge in [0.1, 0.15) is 0 Å². The van der Waals surface area contributed by atoms with Gasteiger partial charge >= 0.3 is 0 Å². The SMILES string of the molecule is Cc1cc(C(O)CC#N)c(C)[nH]1. The number of nitrogens with zero attached hydrogens (tertiary/aromatic N) is 1. The Morgan fingerprint density at radius 1 is 1.67 bits per heavy atom. The smallest absolute Gasteiger partial charge is 0.0937 e. The maximum Gasteiger partial charge on any atom is 0.0937 e. The van der Waals surface area contributed by atoms with Gasteiger partial charge in [-0.2, -0.15) is 5.26 Å². The van der Waals surface area contributed by atoms with Crippen LogP contribution in [-0.2, 0) is 0 Å². The van der Waals surface area contributed by atoms with Crippen LogP contribution in [0.15, 0.2) is 6.07 Å². The highest BCUT2D eigenvalue weighted by Crippen LogP contribution is 2.20. The minimum atomic E-state index is -0.653. The third kappa shape index (κ3) is 1.66. The maximum atomic E-state index is 9.47. The second-order valence-corrected chi connectivity index (χ2v) is 2.91. The van der Waals surface area contributed by atoms with Gasteiger partial charge in [0, 0.05) is 17.0 Å². The molecule has 0 aromatic carbocycles. The molecule has 12 heavy (non-hydrogen) atoms. The van der Waals surface area contributed by atoms with E-state index >= 15 is 0 Å². The first-order valence-corrected chi connectivity index (χ1v) is 3.86. The molecule has 1 heterocycles. The Kier molecular flexibility index (Phi) is 2.51. The highest BCUT2D eigenvalue weighted by atomic mass is 16.3. The van der Waals surface area contributed by atoms with E-state index in [9.17, 15) is 5.11 Å². The molecule has 0 fully saturated rings. The summed E-state index contributed by atoms with van der Waals surface area (Å²) in [6.07, 6.45) is -0.502. The molecular formula is C9H12N2O. The molecule has 0 spiro atoms. The van der Waals surface area contributed by atoms with E-state index in [1.54, 1.807) is 0 Å². The zero-order chi connectivity index (χ0) is 9.14. The fourth-order valence-corrected chi connectivity index (χ4v) is 1.29. The average molecular weight is 164 g/mol. The third-order valence-corrected chi connectivity index (χ3v) is 1.83. The Bertz CT molecular complexity index is 309. The molecule has 2 N–H and O–H groups in total. The van der Waals surface area contributed by atoms with Crippen LogP contribution in [0.4, 0.5) is 0 Å². The molecule has 0 radical (unpaired) electrons. The molecule has 0 saturated carbocycles. The summed E-state index contributed by atoms with van der Waals surface area (Å²) in [5.74, 6) is 0. The van der Waals surface area contributed by atoms with Gasteiger partial charge in [-0.15, -0.1) is 0 Å². The maximum absolute atomic E-state index is 9.47. The number of hydrogen-bond acceptors (Lipinski definition) is 2. The largest absolute Gasteiger partial charge is 0.387 e. The van der Waals surface area contributed by atoms with E-state index in [-0.39, 0.29) is 6.42 Å². The Morgan fingerprint density at radius 2 is 2.33 bits per heavy atom. The van der Waals surface area contributed by atoms with Crippen LogP contribution in [-0.4, -0.2) is 10.1 Å². The summed E-state index contributed by atoms with van der Waals surface area (Å²) >= 11 is 0. The van der Waals surface area contributed by atoms with Gasteiger partial charge < -0.3 is 10.1 Å². The second-order valence-electron chi connectivity index (χ2n) is 2.91. The standard InChI is InChI=1S/C9H12N2O/c1-6-5-8(7(2)11-6)9(12)3-4-10/h5,9,11-12H,3H2,1-2H3. The summed E-state index contributed by atoms with van der Waals surface area (Å²) in [7, 11) is 0. The van der Waals surface area contributed by atoms with Crippen LogP contribution in [0, 0.1) is 25.2 Å². The van der Waals surface area contributed by atoms with Crippen molar-refractivity contribution in [1.29, 1.82) is 5.26 Å². The fourth-order valence-electron chi connectivity index (χ4n) is 1.29. The minimum absolute atomic E-state index is 0.151. The van der Waals surface area contributed by atoms with E-state index in [1.165, 1.54) is 0 Å². The lowest BCUT2D eigenvalue weighted by molar-refractivity contribution is 0.183. The van der Waals surface area contributed by atoms with Crippen LogP contribution in [0.3, 0.4) is 0 Å². The lowest BCUT2D eigenvalue weighted by Crippen LogP contribution is -1.95. The van der Waals surface area contributed by atoms with Crippen LogP contribution < -0.4 is 0 Å². The molecule has 0 saturated heterocycles. The number of H-pyrrole nitrogens is 1. The monoisotopic (exact) mass is 164 g/mol. The van der Waals surface area contributed by atoms with Gasteiger partial charge in [0.15, 0.2) is 0 Å². The van der Waals surface area contributed by atoms with Crippen molar-refractivity contribution < 1.29 is 5.11 Å². The molecule has 0 amide bonds. The molecule has 0 aliphatic rings. The summed E-state index contributed by atoms with van der Waals surface area (Å²) in [5.41, 5.74) is 2.78. The Morgan fingerprint density at radius 3 is 2.75 bits per heavy atom. The summed E-state index contributed by atoms with van der Waals surface area (Å²) in [5, 5.41) is 17.8. The van der Waals surface area contributed by atoms with Crippen LogP contribution in [0.1, 0.15) is 29.5 Å². The molecule has 0 aliphatic carbocycles. The summed E-state index contributed by atoms with van der Waals surface area (Å²) in [6.45, 7) is 3.82. The van der Waals surface area contributed by atoms with E-state index in [0.29, 0.717) is 0 Å². The summed E-state index contributed by atoms with van der Waals surface area (Å²) in [6, 6.07) is 3.81. The van der Waals surface area contributed by atoms with E-state index in [4.69, 9.17) is 5.26 Å². The molecule has 1 rings (SSSR count). The van der Waals surface area contributed by atoms with Crippen LogP contribution >= 0.6 is 0 Å². The molecule has 1 aromatic heterocycles. The van der Waals surface area contributed by atoms with E-state index in [1.807, 2.05) is 26.0 Å². The first-order chi connectivity index (χ1) is 5.65. The van der Waals surface area contributed by atoms with E-state index in [0.717, 1.165) is 17.0 Å². The number of nitriles is 1. The molecule has 1 aromatic rings. The van der Waals surface area contributed by atoms with Crippen molar-refractivity contribution in [2.24, 2.45) is 0 Å². The van der Waals surface area contributed by atoms with Gasteiger partial charge in [-0.1, -0.05) is 0 Å². The molecular weight excluding hydrogens is 152 g/mol. The normalized spacial score (nSPS) is 12.5. The Labute approximate surface area is 71.7 Å². The summed E-state index contributed by atoms with van der Waals surface area (Å²) < 4.78 is 0. The van der Waals surface area contributed by atoms with Crippen molar-refractivity contribution >= 4 is 0 Å². The number of hydrogen-bond donors (Lipinski definition) is 2. The Hall–Kier alpha value is -1.27. The first kappa shape index (κ1) is 8.82. The molecule has 1 atom stereocenters. The van der Waals surface area contributed by atoms with Crippen molar-refractivity contribution in [1.82, 2.24) is 4.98 Å².